The number of ether oxygens (including phenoxy) is 1. The van der Waals surface area contributed by atoms with Crippen molar-refractivity contribution in [3.05, 3.63) is 30.1 Å². The highest BCUT2D eigenvalue weighted by atomic mass is 16.5. The number of hydrogen-bond acceptors (Lipinski definition) is 3. The average Bonchev–Trinajstić information content (AvgIpc) is 2.30. The SMILES string of the molecule is CC1CCCC(OC(=O)Cc2ccncc2)C1. The third-order valence-corrected chi connectivity index (χ3v) is 3.28. The minimum Gasteiger partial charge on any atom is -0.462 e. The van der Waals surface area contributed by atoms with Gasteiger partial charge in [0.2, 0.25) is 0 Å². The van der Waals surface area contributed by atoms with Crippen molar-refractivity contribution in [2.75, 3.05) is 0 Å². The number of carbonyl (C=O) groups excluding carboxylic acids is 1. The molecule has 0 aliphatic heterocycles. The highest BCUT2D eigenvalue weighted by molar-refractivity contribution is 5.72. The zero-order chi connectivity index (χ0) is 12.1. The molecule has 92 valence electrons. The molecular formula is C14H19NO2. The van der Waals surface area contributed by atoms with Crippen LogP contribution < -0.4 is 0 Å². The Balaban J connectivity index is 1.81. The molecule has 1 aliphatic carbocycles. The summed E-state index contributed by atoms with van der Waals surface area (Å²) in [6, 6.07) is 3.70. The molecule has 3 heteroatoms. The molecule has 0 amide bonds. The van der Waals surface area contributed by atoms with Crippen LogP contribution in [0.5, 0.6) is 0 Å². The van der Waals surface area contributed by atoms with Crippen LogP contribution in [0.2, 0.25) is 0 Å². The van der Waals surface area contributed by atoms with Gasteiger partial charge in [0.25, 0.3) is 0 Å². The first-order valence-corrected chi connectivity index (χ1v) is 6.32. The van der Waals surface area contributed by atoms with Crippen molar-refractivity contribution in [1.29, 1.82) is 0 Å². The molecule has 0 spiro atoms. The van der Waals surface area contributed by atoms with E-state index in [1.54, 1.807) is 12.4 Å². The van der Waals surface area contributed by atoms with Crippen molar-refractivity contribution < 1.29 is 9.53 Å². The molecule has 1 saturated carbocycles. The Morgan fingerprint density at radius 3 is 2.88 bits per heavy atom. The zero-order valence-electron chi connectivity index (χ0n) is 10.3. The summed E-state index contributed by atoms with van der Waals surface area (Å²) in [6.45, 7) is 2.23. The first-order chi connectivity index (χ1) is 8.24. The fourth-order valence-electron chi connectivity index (χ4n) is 2.38. The van der Waals surface area contributed by atoms with Gasteiger partial charge in [-0.25, -0.2) is 0 Å². The minimum absolute atomic E-state index is 0.115. The summed E-state index contributed by atoms with van der Waals surface area (Å²) < 4.78 is 5.51. The lowest BCUT2D eigenvalue weighted by Gasteiger charge is -2.26. The van der Waals surface area contributed by atoms with E-state index in [4.69, 9.17) is 4.74 Å². The smallest absolute Gasteiger partial charge is 0.310 e. The van der Waals surface area contributed by atoms with E-state index < -0.39 is 0 Å². The molecule has 2 unspecified atom stereocenters. The molecule has 1 fully saturated rings. The molecule has 0 aromatic carbocycles. The van der Waals surface area contributed by atoms with Crippen LogP contribution in [-0.2, 0) is 16.0 Å². The van der Waals surface area contributed by atoms with E-state index in [1.807, 2.05) is 12.1 Å². The molecule has 1 heterocycles. The molecule has 0 bridgehead atoms. The van der Waals surface area contributed by atoms with E-state index in [0.29, 0.717) is 12.3 Å². The molecule has 3 nitrogen and oxygen atoms in total. The van der Waals surface area contributed by atoms with Crippen LogP contribution in [-0.4, -0.2) is 17.1 Å². The van der Waals surface area contributed by atoms with E-state index in [9.17, 15) is 4.79 Å². The van der Waals surface area contributed by atoms with Gasteiger partial charge in [-0.2, -0.15) is 0 Å². The maximum absolute atomic E-state index is 11.7. The van der Waals surface area contributed by atoms with Crippen LogP contribution in [0, 0.1) is 5.92 Å². The fourth-order valence-corrected chi connectivity index (χ4v) is 2.38. The number of hydrogen-bond donors (Lipinski definition) is 0. The molecule has 1 aromatic heterocycles. The van der Waals surface area contributed by atoms with Gasteiger partial charge in [-0.05, 0) is 42.9 Å². The molecule has 2 rings (SSSR count). The van der Waals surface area contributed by atoms with Crippen LogP contribution in [0.1, 0.15) is 38.2 Å². The van der Waals surface area contributed by atoms with Crippen molar-refractivity contribution in [1.82, 2.24) is 4.98 Å². The number of carbonyl (C=O) groups is 1. The third kappa shape index (κ3) is 3.84. The summed E-state index contributed by atoms with van der Waals surface area (Å²) in [5.41, 5.74) is 0.967. The topological polar surface area (TPSA) is 39.2 Å². The molecule has 0 saturated heterocycles. The molecule has 17 heavy (non-hydrogen) atoms. The van der Waals surface area contributed by atoms with Gasteiger partial charge in [0.1, 0.15) is 6.10 Å². The van der Waals surface area contributed by atoms with E-state index >= 15 is 0 Å². The summed E-state index contributed by atoms with van der Waals surface area (Å²) in [4.78, 5) is 15.7. The van der Waals surface area contributed by atoms with Crippen molar-refractivity contribution in [3.8, 4) is 0 Å². The third-order valence-electron chi connectivity index (χ3n) is 3.28. The lowest BCUT2D eigenvalue weighted by Crippen LogP contribution is -2.25. The first-order valence-electron chi connectivity index (χ1n) is 6.32. The second kappa shape index (κ2) is 5.80. The molecule has 2 atom stereocenters. The predicted octanol–water partition coefficient (Wildman–Crippen LogP) is 2.75. The van der Waals surface area contributed by atoms with Gasteiger partial charge in [0, 0.05) is 12.4 Å². The van der Waals surface area contributed by atoms with Crippen molar-refractivity contribution in [2.24, 2.45) is 5.92 Å². The van der Waals surface area contributed by atoms with E-state index in [2.05, 4.69) is 11.9 Å². The number of aromatic nitrogens is 1. The van der Waals surface area contributed by atoms with Gasteiger partial charge in [-0.15, -0.1) is 0 Å². The van der Waals surface area contributed by atoms with Gasteiger partial charge < -0.3 is 4.74 Å². The highest BCUT2D eigenvalue weighted by Crippen LogP contribution is 2.25. The van der Waals surface area contributed by atoms with Gasteiger partial charge in [-0.1, -0.05) is 13.3 Å². The first kappa shape index (κ1) is 12.1. The molecule has 1 aliphatic rings. The van der Waals surface area contributed by atoms with Gasteiger partial charge >= 0.3 is 5.97 Å². The van der Waals surface area contributed by atoms with Gasteiger partial charge in [-0.3, -0.25) is 9.78 Å². The molecule has 1 aromatic rings. The summed E-state index contributed by atoms with van der Waals surface area (Å²) in [7, 11) is 0. The molecule has 0 N–H and O–H groups in total. The Morgan fingerprint density at radius 2 is 2.18 bits per heavy atom. The Hall–Kier alpha value is -1.38. The van der Waals surface area contributed by atoms with E-state index in [1.165, 1.54) is 12.8 Å². The van der Waals surface area contributed by atoms with Crippen LogP contribution >= 0.6 is 0 Å². The second-order valence-electron chi connectivity index (χ2n) is 4.92. The van der Waals surface area contributed by atoms with Crippen LogP contribution in [0.15, 0.2) is 24.5 Å². The summed E-state index contributed by atoms with van der Waals surface area (Å²) in [5.74, 6) is 0.567. The Bertz CT molecular complexity index is 364. The van der Waals surface area contributed by atoms with Gasteiger partial charge in [0.05, 0.1) is 6.42 Å². The summed E-state index contributed by atoms with van der Waals surface area (Å²) in [6.07, 6.45) is 8.36. The quantitative estimate of drug-likeness (QED) is 0.753. The fraction of sp³-hybridized carbons (Fsp3) is 0.571. The summed E-state index contributed by atoms with van der Waals surface area (Å²) >= 11 is 0. The van der Waals surface area contributed by atoms with Gasteiger partial charge in [0.15, 0.2) is 0 Å². The molecule has 0 radical (unpaired) electrons. The second-order valence-corrected chi connectivity index (χ2v) is 4.92. The Labute approximate surface area is 102 Å². The van der Waals surface area contributed by atoms with Crippen LogP contribution in [0.3, 0.4) is 0 Å². The van der Waals surface area contributed by atoms with Crippen LogP contribution in [0.4, 0.5) is 0 Å². The van der Waals surface area contributed by atoms with Crippen molar-refractivity contribution in [3.63, 3.8) is 0 Å². The largest absolute Gasteiger partial charge is 0.462 e. The van der Waals surface area contributed by atoms with E-state index in [0.717, 1.165) is 18.4 Å². The normalized spacial score (nSPS) is 24.3. The maximum atomic E-state index is 11.7. The Morgan fingerprint density at radius 1 is 1.41 bits per heavy atom. The van der Waals surface area contributed by atoms with Crippen molar-refractivity contribution in [2.45, 2.75) is 45.1 Å². The Kier molecular flexibility index (Phi) is 4.13. The minimum atomic E-state index is -0.115. The number of pyridine rings is 1. The van der Waals surface area contributed by atoms with Crippen molar-refractivity contribution >= 4 is 5.97 Å². The van der Waals surface area contributed by atoms with E-state index in [-0.39, 0.29) is 12.1 Å². The standard InChI is InChI=1S/C14H19NO2/c1-11-3-2-4-13(9-11)17-14(16)10-12-5-7-15-8-6-12/h5-8,11,13H,2-4,9-10H2,1H3. The average molecular weight is 233 g/mol. The lowest BCUT2D eigenvalue weighted by atomic mass is 9.89. The highest BCUT2D eigenvalue weighted by Gasteiger charge is 2.22. The van der Waals surface area contributed by atoms with Crippen LogP contribution in [0.25, 0.3) is 0 Å². The number of esters is 1. The summed E-state index contributed by atoms with van der Waals surface area (Å²) in [5, 5.41) is 0. The number of nitrogens with zero attached hydrogens (tertiary/aromatic N) is 1. The zero-order valence-corrected chi connectivity index (χ0v) is 10.3. The maximum Gasteiger partial charge on any atom is 0.310 e. The molecular weight excluding hydrogens is 214 g/mol. The lowest BCUT2D eigenvalue weighted by molar-refractivity contribution is -0.150. The predicted molar refractivity (Wildman–Crippen MR) is 65.5 cm³/mol. The number of rotatable bonds is 3. The monoisotopic (exact) mass is 233 g/mol.